The van der Waals surface area contributed by atoms with Gasteiger partial charge in [-0.2, -0.15) is 0 Å². The summed E-state index contributed by atoms with van der Waals surface area (Å²) in [6, 6.07) is 10.5. The summed E-state index contributed by atoms with van der Waals surface area (Å²) in [5, 5.41) is 5.54. The fraction of sp³-hybridized carbons (Fsp3) is 0.222. The summed E-state index contributed by atoms with van der Waals surface area (Å²) in [6.07, 6.45) is 0. The van der Waals surface area contributed by atoms with Gasteiger partial charge >= 0.3 is 0 Å². The Bertz CT molecular complexity index is 849. The first-order valence-corrected chi connectivity index (χ1v) is 7.92. The molecule has 0 spiro atoms. The summed E-state index contributed by atoms with van der Waals surface area (Å²) >= 11 is 0. The Morgan fingerprint density at radius 2 is 1.80 bits per heavy atom. The van der Waals surface area contributed by atoms with Gasteiger partial charge < -0.3 is 24.8 Å². The predicted octanol–water partition coefficient (Wildman–Crippen LogP) is 1.72. The molecule has 0 saturated carbocycles. The molecule has 2 aromatic rings. The molecule has 0 aromatic heterocycles. The summed E-state index contributed by atoms with van der Waals surface area (Å²) in [6.45, 7) is 1.41. The second-order valence-corrected chi connectivity index (χ2v) is 5.71. The molecular formula is C18H16N2O5. The van der Waals surface area contributed by atoms with Crippen LogP contribution in [0, 0.1) is 0 Å². The number of amides is 2. The van der Waals surface area contributed by atoms with Crippen molar-refractivity contribution in [2.75, 3.05) is 25.1 Å². The Morgan fingerprint density at radius 1 is 1.00 bits per heavy atom. The molecular weight excluding hydrogens is 324 g/mol. The number of nitrogens with one attached hydrogen (secondary N) is 2. The van der Waals surface area contributed by atoms with Gasteiger partial charge in [0.15, 0.2) is 18.1 Å². The van der Waals surface area contributed by atoms with Gasteiger partial charge in [-0.25, -0.2) is 0 Å². The van der Waals surface area contributed by atoms with Gasteiger partial charge in [-0.05, 0) is 35.9 Å². The van der Waals surface area contributed by atoms with E-state index in [2.05, 4.69) is 10.6 Å². The zero-order chi connectivity index (χ0) is 17.2. The van der Waals surface area contributed by atoms with Crippen molar-refractivity contribution in [1.82, 2.24) is 5.32 Å². The molecule has 0 atom stereocenters. The van der Waals surface area contributed by atoms with Crippen LogP contribution in [0.1, 0.15) is 15.9 Å². The van der Waals surface area contributed by atoms with Gasteiger partial charge in [-0.15, -0.1) is 0 Å². The highest BCUT2D eigenvalue weighted by Gasteiger charge is 2.18. The van der Waals surface area contributed by atoms with Crippen LogP contribution < -0.4 is 24.8 Å². The van der Waals surface area contributed by atoms with Gasteiger partial charge in [0.2, 0.25) is 0 Å². The van der Waals surface area contributed by atoms with Crippen LogP contribution in [-0.4, -0.2) is 31.6 Å². The monoisotopic (exact) mass is 340 g/mol. The Morgan fingerprint density at radius 3 is 2.68 bits per heavy atom. The first-order valence-electron chi connectivity index (χ1n) is 7.92. The van der Waals surface area contributed by atoms with Crippen molar-refractivity contribution in [3.8, 4) is 17.2 Å². The van der Waals surface area contributed by atoms with Crippen molar-refractivity contribution in [2.24, 2.45) is 0 Å². The number of fused-ring (bicyclic) bond motifs is 2. The van der Waals surface area contributed by atoms with E-state index in [-0.39, 0.29) is 18.4 Å². The average Bonchev–Trinajstić information content (AvgIpc) is 2.65. The summed E-state index contributed by atoms with van der Waals surface area (Å²) < 4.78 is 16.3. The Hall–Kier alpha value is -3.22. The highest BCUT2D eigenvalue weighted by Crippen LogP contribution is 2.31. The molecule has 7 heteroatoms. The van der Waals surface area contributed by atoms with Crippen molar-refractivity contribution < 1.29 is 23.8 Å². The third-order valence-electron chi connectivity index (χ3n) is 3.93. The SMILES string of the molecule is O=C1COc2ccc(C(=O)NCc3ccc4c(c3)OCCO4)cc2N1. The Labute approximate surface area is 143 Å². The second kappa shape index (κ2) is 6.35. The molecule has 2 amide bonds. The number of benzene rings is 2. The lowest BCUT2D eigenvalue weighted by Gasteiger charge is -2.19. The molecule has 2 N–H and O–H groups in total. The summed E-state index contributed by atoms with van der Waals surface area (Å²) in [5.74, 6) is 1.49. The molecule has 2 heterocycles. The summed E-state index contributed by atoms with van der Waals surface area (Å²) in [7, 11) is 0. The molecule has 0 radical (unpaired) electrons. The molecule has 0 aliphatic carbocycles. The van der Waals surface area contributed by atoms with Crippen molar-refractivity contribution in [3.05, 3.63) is 47.5 Å². The van der Waals surface area contributed by atoms with Crippen molar-refractivity contribution in [3.63, 3.8) is 0 Å². The molecule has 4 rings (SSSR count). The normalized spacial score (nSPS) is 14.8. The number of hydrogen-bond donors (Lipinski definition) is 2. The first-order chi connectivity index (χ1) is 12.2. The van der Waals surface area contributed by atoms with Crippen LogP contribution in [-0.2, 0) is 11.3 Å². The molecule has 2 aromatic carbocycles. The van der Waals surface area contributed by atoms with Crippen LogP contribution in [0.3, 0.4) is 0 Å². The van der Waals surface area contributed by atoms with Gasteiger partial charge in [-0.1, -0.05) is 6.07 Å². The average molecular weight is 340 g/mol. The fourth-order valence-corrected chi connectivity index (χ4v) is 2.71. The minimum Gasteiger partial charge on any atom is -0.486 e. The van der Waals surface area contributed by atoms with E-state index in [0.29, 0.717) is 48.3 Å². The maximum absolute atomic E-state index is 12.4. The van der Waals surface area contributed by atoms with E-state index in [1.54, 1.807) is 18.2 Å². The molecule has 2 aliphatic heterocycles. The molecule has 25 heavy (non-hydrogen) atoms. The van der Waals surface area contributed by atoms with Gasteiger partial charge in [0, 0.05) is 12.1 Å². The van der Waals surface area contributed by atoms with Gasteiger partial charge in [0.1, 0.15) is 19.0 Å². The maximum Gasteiger partial charge on any atom is 0.262 e. The van der Waals surface area contributed by atoms with Crippen LogP contribution >= 0.6 is 0 Å². The van der Waals surface area contributed by atoms with Crippen molar-refractivity contribution >= 4 is 17.5 Å². The second-order valence-electron chi connectivity index (χ2n) is 5.71. The molecule has 2 aliphatic rings. The standard InChI is InChI=1S/C18H16N2O5/c21-17-10-25-14-4-2-12(8-13(14)20-17)18(22)19-9-11-1-3-15-16(7-11)24-6-5-23-15/h1-4,7-8H,5-6,9-10H2,(H,19,22)(H,20,21). The lowest BCUT2D eigenvalue weighted by molar-refractivity contribution is -0.118. The van der Waals surface area contributed by atoms with Crippen LogP contribution in [0.15, 0.2) is 36.4 Å². The minimum absolute atomic E-state index is 0.0113. The van der Waals surface area contributed by atoms with E-state index in [4.69, 9.17) is 14.2 Å². The topological polar surface area (TPSA) is 85.9 Å². The number of anilines is 1. The van der Waals surface area contributed by atoms with Crippen LogP contribution in [0.25, 0.3) is 0 Å². The van der Waals surface area contributed by atoms with Crippen LogP contribution in [0.2, 0.25) is 0 Å². The van der Waals surface area contributed by atoms with Crippen molar-refractivity contribution in [1.29, 1.82) is 0 Å². The molecule has 0 saturated heterocycles. The molecule has 0 fully saturated rings. The number of carbonyl (C=O) groups is 2. The molecule has 0 bridgehead atoms. The lowest BCUT2D eigenvalue weighted by atomic mass is 10.1. The predicted molar refractivity (Wildman–Crippen MR) is 89.2 cm³/mol. The largest absolute Gasteiger partial charge is 0.486 e. The van der Waals surface area contributed by atoms with E-state index in [1.165, 1.54) is 0 Å². The summed E-state index contributed by atoms with van der Waals surface area (Å²) in [5.41, 5.74) is 1.86. The quantitative estimate of drug-likeness (QED) is 0.888. The van der Waals surface area contributed by atoms with Crippen LogP contribution in [0.4, 0.5) is 5.69 Å². The summed E-state index contributed by atoms with van der Waals surface area (Å²) in [4.78, 5) is 23.7. The van der Waals surface area contributed by atoms with Gasteiger partial charge in [-0.3, -0.25) is 9.59 Å². The Balaban J connectivity index is 1.44. The highest BCUT2D eigenvalue weighted by molar-refractivity contribution is 5.99. The number of rotatable bonds is 3. The smallest absolute Gasteiger partial charge is 0.262 e. The lowest BCUT2D eigenvalue weighted by Crippen LogP contribution is -2.27. The third kappa shape index (κ3) is 3.21. The molecule has 0 unspecified atom stereocenters. The van der Waals surface area contributed by atoms with Gasteiger partial charge in [0.05, 0.1) is 5.69 Å². The number of ether oxygens (including phenoxy) is 3. The van der Waals surface area contributed by atoms with Crippen molar-refractivity contribution in [2.45, 2.75) is 6.54 Å². The van der Waals surface area contributed by atoms with E-state index in [1.807, 2.05) is 18.2 Å². The maximum atomic E-state index is 12.4. The van der Waals surface area contributed by atoms with E-state index >= 15 is 0 Å². The van der Waals surface area contributed by atoms with Gasteiger partial charge in [0.25, 0.3) is 11.8 Å². The molecule has 128 valence electrons. The van der Waals surface area contributed by atoms with Crippen LogP contribution in [0.5, 0.6) is 17.2 Å². The third-order valence-corrected chi connectivity index (χ3v) is 3.93. The van der Waals surface area contributed by atoms with E-state index < -0.39 is 0 Å². The van der Waals surface area contributed by atoms with E-state index in [0.717, 1.165) is 5.56 Å². The minimum atomic E-state index is -0.238. The highest BCUT2D eigenvalue weighted by atomic mass is 16.6. The first kappa shape index (κ1) is 15.3. The zero-order valence-electron chi connectivity index (χ0n) is 13.3. The number of carbonyl (C=O) groups excluding carboxylic acids is 2. The fourth-order valence-electron chi connectivity index (χ4n) is 2.71. The number of hydrogen-bond acceptors (Lipinski definition) is 5. The molecule has 7 nitrogen and oxygen atoms in total. The van der Waals surface area contributed by atoms with E-state index in [9.17, 15) is 9.59 Å². The zero-order valence-corrected chi connectivity index (χ0v) is 13.3. The Kier molecular flexibility index (Phi) is 3.89.